The molecule has 1 rings (SSSR count). The number of hydrogen-bond donors (Lipinski definition) is 1. The van der Waals surface area contributed by atoms with E-state index >= 15 is 0 Å². The first kappa shape index (κ1) is 12.4. The molecule has 1 fully saturated rings. The molecule has 0 bridgehead atoms. The van der Waals surface area contributed by atoms with E-state index < -0.39 is 16.3 Å². The fraction of sp³-hybridized carbons (Fsp3) is 0.889. The van der Waals surface area contributed by atoms with Crippen molar-refractivity contribution in [1.29, 1.82) is 5.26 Å². The van der Waals surface area contributed by atoms with Crippen LogP contribution in [0.3, 0.4) is 0 Å². The van der Waals surface area contributed by atoms with Crippen molar-refractivity contribution in [3.05, 3.63) is 0 Å². The molecule has 0 spiro atoms. The average Bonchev–Trinajstić information content (AvgIpc) is 2.16. The maximum Gasteiger partial charge on any atom is 0.280 e. The summed E-state index contributed by atoms with van der Waals surface area (Å²) in [5.41, 5.74) is 0. The van der Waals surface area contributed by atoms with Gasteiger partial charge in [0.25, 0.3) is 10.2 Å². The van der Waals surface area contributed by atoms with Gasteiger partial charge in [0.2, 0.25) is 0 Å². The van der Waals surface area contributed by atoms with Gasteiger partial charge in [0.15, 0.2) is 0 Å². The van der Waals surface area contributed by atoms with Gasteiger partial charge in [0, 0.05) is 12.6 Å². The lowest BCUT2D eigenvalue weighted by Crippen LogP contribution is -2.50. The van der Waals surface area contributed by atoms with Gasteiger partial charge in [-0.2, -0.15) is 22.7 Å². The van der Waals surface area contributed by atoms with Crippen molar-refractivity contribution in [1.82, 2.24) is 9.03 Å². The minimum Gasteiger partial charge on any atom is -0.200 e. The lowest BCUT2D eigenvalue weighted by molar-refractivity contribution is 0.292. The molecule has 1 heterocycles. The first-order valence-corrected chi connectivity index (χ1v) is 6.60. The average molecular weight is 231 g/mol. The molecule has 0 aromatic rings. The van der Waals surface area contributed by atoms with Crippen LogP contribution >= 0.6 is 0 Å². The third kappa shape index (κ3) is 3.16. The first-order valence-electron chi connectivity index (χ1n) is 5.16. The zero-order valence-corrected chi connectivity index (χ0v) is 9.92. The van der Waals surface area contributed by atoms with Crippen LogP contribution in [0.25, 0.3) is 0 Å². The highest BCUT2D eigenvalue weighted by molar-refractivity contribution is 7.87. The monoisotopic (exact) mass is 231 g/mol. The van der Waals surface area contributed by atoms with Crippen LogP contribution in [-0.4, -0.2) is 31.4 Å². The van der Waals surface area contributed by atoms with Crippen molar-refractivity contribution in [2.75, 3.05) is 6.54 Å². The summed E-state index contributed by atoms with van der Waals surface area (Å²) in [4.78, 5) is 0. The topological polar surface area (TPSA) is 73.2 Å². The van der Waals surface area contributed by atoms with Gasteiger partial charge in [-0.15, -0.1) is 0 Å². The van der Waals surface area contributed by atoms with E-state index in [1.165, 1.54) is 4.31 Å². The molecule has 0 aliphatic carbocycles. The van der Waals surface area contributed by atoms with Crippen LogP contribution in [0.4, 0.5) is 0 Å². The molecule has 0 amide bonds. The summed E-state index contributed by atoms with van der Waals surface area (Å²) >= 11 is 0. The highest BCUT2D eigenvalue weighted by Gasteiger charge is 2.32. The lowest BCUT2D eigenvalue weighted by atomic mass is 10.1. The second-order valence-corrected chi connectivity index (χ2v) is 5.68. The SMILES string of the molecule is CC(C)NS(=O)(=O)N1CCCCC1C#N. The first-order chi connectivity index (χ1) is 6.97. The van der Waals surface area contributed by atoms with E-state index in [0.717, 1.165) is 12.8 Å². The number of hydrogen-bond acceptors (Lipinski definition) is 3. The Morgan fingerprint density at radius 3 is 2.67 bits per heavy atom. The van der Waals surface area contributed by atoms with Gasteiger partial charge >= 0.3 is 0 Å². The molecule has 1 N–H and O–H groups in total. The van der Waals surface area contributed by atoms with Crippen LogP contribution in [0.5, 0.6) is 0 Å². The van der Waals surface area contributed by atoms with Crippen LogP contribution in [-0.2, 0) is 10.2 Å². The summed E-state index contributed by atoms with van der Waals surface area (Å²) in [7, 11) is -3.48. The minimum absolute atomic E-state index is 0.142. The molecule has 86 valence electrons. The molecule has 1 aliphatic heterocycles. The van der Waals surface area contributed by atoms with Gasteiger partial charge in [-0.25, -0.2) is 0 Å². The molecule has 15 heavy (non-hydrogen) atoms. The quantitative estimate of drug-likeness (QED) is 0.773. The number of nitrogens with zero attached hydrogens (tertiary/aromatic N) is 2. The Morgan fingerprint density at radius 2 is 2.13 bits per heavy atom. The van der Waals surface area contributed by atoms with E-state index in [4.69, 9.17) is 5.26 Å². The second kappa shape index (κ2) is 4.92. The van der Waals surface area contributed by atoms with E-state index in [1.807, 2.05) is 6.07 Å². The van der Waals surface area contributed by atoms with E-state index in [9.17, 15) is 8.42 Å². The fourth-order valence-corrected chi connectivity index (χ4v) is 3.28. The largest absolute Gasteiger partial charge is 0.280 e. The molecule has 1 saturated heterocycles. The number of piperidine rings is 1. The van der Waals surface area contributed by atoms with Crippen molar-refractivity contribution in [2.45, 2.75) is 45.2 Å². The predicted octanol–water partition coefficient (Wildman–Crippen LogP) is 0.607. The molecule has 6 heteroatoms. The second-order valence-electron chi connectivity index (χ2n) is 4.03. The molecule has 1 aliphatic rings. The van der Waals surface area contributed by atoms with Crippen LogP contribution in [0.2, 0.25) is 0 Å². The number of rotatable bonds is 3. The molecular formula is C9H17N3O2S. The Hall–Kier alpha value is -0.640. The Balaban J connectivity index is 2.80. The summed E-state index contributed by atoms with van der Waals surface area (Å²) in [6, 6.07) is 1.39. The Bertz CT molecular complexity index is 345. The van der Waals surface area contributed by atoms with Crippen LogP contribution in [0.15, 0.2) is 0 Å². The van der Waals surface area contributed by atoms with Crippen molar-refractivity contribution < 1.29 is 8.42 Å². The van der Waals surface area contributed by atoms with Gasteiger partial charge < -0.3 is 0 Å². The molecule has 0 aromatic carbocycles. The Morgan fingerprint density at radius 1 is 1.47 bits per heavy atom. The highest BCUT2D eigenvalue weighted by atomic mass is 32.2. The van der Waals surface area contributed by atoms with Crippen molar-refractivity contribution in [2.24, 2.45) is 0 Å². The van der Waals surface area contributed by atoms with Crippen LogP contribution < -0.4 is 4.72 Å². The Labute approximate surface area is 91.3 Å². The molecule has 5 nitrogen and oxygen atoms in total. The van der Waals surface area contributed by atoms with E-state index in [-0.39, 0.29) is 6.04 Å². The zero-order valence-electron chi connectivity index (χ0n) is 9.10. The van der Waals surface area contributed by atoms with Gasteiger partial charge in [0.05, 0.1) is 6.07 Å². The highest BCUT2D eigenvalue weighted by Crippen LogP contribution is 2.19. The molecular weight excluding hydrogens is 214 g/mol. The summed E-state index contributed by atoms with van der Waals surface area (Å²) in [5.74, 6) is 0. The Kier molecular flexibility index (Phi) is 4.08. The summed E-state index contributed by atoms with van der Waals surface area (Å²) < 4.78 is 27.4. The number of nitriles is 1. The third-order valence-corrected chi connectivity index (χ3v) is 4.12. The lowest BCUT2D eigenvalue weighted by Gasteiger charge is -2.30. The summed E-state index contributed by atoms with van der Waals surface area (Å²) in [5, 5.41) is 8.88. The van der Waals surface area contributed by atoms with Gasteiger partial charge in [-0.1, -0.05) is 0 Å². The van der Waals surface area contributed by atoms with Crippen molar-refractivity contribution >= 4 is 10.2 Å². The standard InChI is InChI=1S/C9H17N3O2S/c1-8(2)11-15(13,14)12-6-4-3-5-9(12)7-10/h8-9,11H,3-6H2,1-2H3. The van der Waals surface area contributed by atoms with Gasteiger partial charge in [-0.3, -0.25) is 0 Å². The van der Waals surface area contributed by atoms with Crippen LogP contribution in [0.1, 0.15) is 33.1 Å². The fourth-order valence-electron chi connectivity index (χ4n) is 1.69. The minimum atomic E-state index is -3.48. The van der Waals surface area contributed by atoms with E-state index in [0.29, 0.717) is 13.0 Å². The van der Waals surface area contributed by atoms with Crippen molar-refractivity contribution in [3.63, 3.8) is 0 Å². The predicted molar refractivity (Wildman–Crippen MR) is 57.1 cm³/mol. The molecule has 1 unspecified atom stereocenters. The molecule has 0 saturated carbocycles. The molecule has 0 aromatic heterocycles. The normalized spacial score (nSPS) is 24.0. The molecule has 1 atom stereocenters. The van der Waals surface area contributed by atoms with Crippen LogP contribution in [0, 0.1) is 11.3 Å². The summed E-state index contributed by atoms with van der Waals surface area (Å²) in [6.07, 6.45) is 2.39. The summed E-state index contributed by atoms with van der Waals surface area (Å²) in [6.45, 7) is 3.98. The van der Waals surface area contributed by atoms with Crippen molar-refractivity contribution in [3.8, 4) is 6.07 Å². The molecule has 0 radical (unpaired) electrons. The van der Waals surface area contributed by atoms with Gasteiger partial charge in [-0.05, 0) is 33.1 Å². The maximum absolute atomic E-state index is 11.8. The smallest absolute Gasteiger partial charge is 0.200 e. The zero-order chi connectivity index (χ0) is 11.5. The maximum atomic E-state index is 11.8. The van der Waals surface area contributed by atoms with E-state index in [2.05, 4.69) is 4.72 Å². The van der Waals surface area contributed by atoms with E-state index in [1.54, 1.807) is 13.8 Å². The van der Waals surface area contributed by atoms with Gasteiger partial charge in [0.1, 0.15) is 6.04 Å². The third-order valence-electron chi connectivity index (χ3n) is 2.30. The number of nitrogens with one attached hydrogen (secondary N) is 1.